The number of carbonyl (C=O) groups excluding carboxylic acids is 3. The molecule has 4 rings (SSSR count). The van der Waals surface area contributed by atoms with Crippen LogP contribution in [0.3, 0.4) is 0 Å². The number of carbonyl (C=O) groups is 3. The molecule has 0 saturated carbocycles. The lowest BCUT2D eigenvalue weighted by atomic mass is 10.1. The van der Waals surface area contributed by atoms with Crippen LogP contribution in [0.4, 0.5) is 4.79 Å². The number of furan rings is 1. The van der Waals surface area contributed by atoms with Gasteiger partial charge in [0.2, 0.25) is 5.76 Å². The van der Waals surface area contributed by atoms with Gasteiger partial charge in [0, 0.05) is 17.6 Å². The normalized spacial score (nSPS) is 14.4. The average Bonchev–Trinajstić information content (AvgIpc) is 3.23. The monoisotopic (exact) mass is 468 g/mol. The van der Waals surface area contributed by atoms with E-state index in [1.807, 2.05) is 25.1 Å². The van der Waals surface area contributed by atoms with Crippen LogP contribution in [0.15, 0.2) is 52.9 Å². The van der Waals surface area contributed by atoms with Gasteiger partial charge in [-0.1, -0.05) is 30.3 Å². The summed E-state index contributed by atoms with van der Waals surface area (Å²) < 4.78 is 27.4. The Balaban J connectivity index is 1.25. The molecule has 0 bridgehead atoms. The Kier molecular flexibility index (Phi) is 7.28. The Hall–Kier alpha value is -4.05. The molecule has 0 fully saturated rings. The number of hydrogen-bond acceptors (Lipinski definition) is 8. The number of urea groups is 1. The van der Waals surface area contributed by atoms with Crippen LogP contribution in [0.5, 0.6) is 11.5 Å². The minimum atomic E-state index is -0.826. The van der Waals surface area contributed by atoms with Gasteiger partial charge in [0.25, 0.3) is 5.91 Å². The van der Waals surface area contributed by atoms with Crippen molar-refractivity contribution in [3.05, 3.63) is 59.9 Å². The summed E-state index contributed by atoms with van der Waals surface area (Å²) in [5.74, 6) is -0.443. The molecule has 2 heterocycles. The van der Waals surface area contributed by atoms with Crippen LogP contribution >= 0.6 is 0 Å². The van der Waals surface area contributed by atoms with Crippen LogP contribution in [0, 0.1) is 0 Å². The summed E-state index contributed by atoms with van der Waals surface area (Å²) in [4.78, 5) is 36.6. The maximum atomic E-state index is 12.5. The molecular weight excluding hydrogens is 444 g/mol. The highest BCUT2D eigenvalue weighted by Gasteiger charge is 2.24. The summed E-state index contributed by atoms with van der Waals surface area (Å²) in [7, 11) is 0. The van der Waals surface area contributed by atoms with Gasteiger partial charge in [0.05, 0.1) is 13.2 Å². The van der Waals surface area contributed by atoms with E-state index in [1.54, 1.807) is 30.3 Å². The first kappa shape index (κ1) is 23.1. The van der Waals surface area contributed by atoms with E-state index in [2.05, 4.69) is 10.6 Å². The van der Waals surface area contributed by atoms with Gasteiger partial charge in [-0.2, -0.15) is 0 Å². The summed E-state index contributed by atoms with van der Waals surface area (Å²) in [5, 5.41) is 5.36. The number of esters is 1. The molecule has 1 unspecified atom stereocenters. The summed E-state index contributed by atoms with van der Waals surface area (Å²) in [6.45, 7) is 2.16. The number of rotatable bonds is 8. The molecule has 2 N–H and O–H groups in total. The lowest BCUT2D eigenvalue weighted by molar-refractivity contribution is -0.123. The Bertz CT molecular complexity index is 1190. The third kappa shape index (κ3) is 5.46. The molecule has 0 aliphatic carbocycles. The van der Waals surface area contributed by atoms with Crippen molar-refractivity contribution < 1.29 is 37.7 Å². The van der Waals surface area contributed by atoms with Crippen LogP contribution in [0.1, 0.15) is 23.0 Å². The molecule has 0 saturated heterocycles. The lowest BCUT2D eigenvalue weighted by Crippen LogP contribution is -2.46. The molecule has 0 spiro atoms. The summed E-state index contributed by atoms with van der Waals surface area (Å²) >= 11 is 0. The zero-order valence-corrected chi connectivity index (χ0v) is 18.5. The van der Waals surface area contributed by atoms with Crippen molar-refractivity contribution in [1.82, 2.24) is 10.6 Å². The van der Waals surface area contributed by atoms with Gasteiger partial charge < -0.3 is 28.7 Å². The van der Waals surface area contributed by atoms with Crippen molar-refractivity contribution in [2.75, 3.05) is 26.4 Å². The maximum Gasteiger partial charge on any atom is 0.375 e. The largest absolute Gasteiger partial charge is 0.486 e. The van der Waals surface area contributed by atoms with Crippen LogP contribution in [-0.2, 0) is 20.9 Å². The number of benzene rings is 2. The zero-order valence-electron chi connectivity index (χ0n) is 18.5. The molecule has 0 radical (unpaired) electrons. The van der Waals surface area contributed by atoms with E-state index in [1.165, 1.54) is 0 Å². The van der Waals surface area contributed by atoms with E-state index in [9.17, 15) is 14.4 Å². The van der Waals surface area contributed by atoms with E-state index in [4.69, 9.17) is 23.4 Å². The fourth-order valence-corrected chi connectivity index (χ4v) is 3.38. The minimum Gasteiger partial charge on any atom is -0.486 e. The van der Waals surface area contributed by atoms with Crippen LogP contribution in [-0.4, -0.2) is 50.4 Å². The lowest BCUT2D eigenvalue weighted by Gasteiger charge is -2.26. The van der Waals surface area contributed by atoms with E-state index in [0.29, 0.717) is 29.3 Å². The van der Waals surface area contributed by atoms with Crippen LogP contribution in [0.25, 0.3) is 11.0 Å². The van der Waals surface area contributed by atoms with Gasteiger partial charge in [-0.25, -0.2) is 9.59 Å². The fourth-order valence-electron chi connectivity index (χ4n) is 3.38. The average molecular weight is 468 g/mol. The highest BCUT2D eigenvalue weighted by atomic mass is 16.6. The molecule has 3 aromatic rings. The number of hydrogen-bond donors (Lipinski definition) is 2. The van der Waals surface area contributed by atoms with E-state index >= 15 is 0 Å². The van der Waals surface area contributed by atoms with Crippen molar-refractivity contribution in [3.63, 3.8) is 0 Å². The minimum absolute atomic E-state index is 0.0402. The van der Waals surface area contributed by atoms with E-state index in [0.717, 1.165) is 5.39 Å². The Labute approximate surface area is 195 Å². The molecule has 10 nitrogen and oxygen atoms in total. The number of fused-ring (bicyclic) bond motifs is 2. The first-order valence-corrected chi connectivity index (χ1v) is 10.8. The zero-order chi connectivity index (χ0) is 23.9. The third-order valence-electron chi connectivity index (χ3n) is 4.98. The number of ether oxygens (including phenoxy) is 4. The molecule has 3 amide bonds. The number of amides is 3. The topological polar surface area (TPSA) is 125 Å². The summed E-state index contributed by atoms with van der Waals surface area (Å²) in [6.07, 6.45) is -0.412. The second-order valence-corrected chi connectivity index (χ2v) is 7.37. The smallest absolute Gasteiger partial charge is 0.375 e. The van der Waals surface area contributed by atoms with Crippen molar-refractivity contribution in [1.29, 1.82) is 0 Å². The molecule has 1 aliphatic heterocycles. The molecular formula is C24H24N2O8. The number of nitrogens with one attached hydrogen (secondary N) is 2. The van der Waals surface area contributed by atoms with Gasteiger partial charge in [-0.05, 0) is 25.1 Å². The van der Waals surface area contributed by atoms with Gasteiger partial charge in [-0.15, -0.1) is 0 Å². The van der Waals surface area contributed by atoms with Gasteiger partial charge >= 0.3 is 12.0 Å². The summed E-state index contributed by atoms with van der Waals surface area (Å²) in [5.41, 5.74) is 1.04. The van der Waals surface area contributed by atoms with Crippen molar-refractivity contribution in [2.24, 2.45) is 0 Å². The second kappa shape index (κ2) is 10.7. The molecule has 1 aromatic heterocycles. The molecule has 178 valence electrons. The molecule has 2 aromatic carbocycles. The van der Waals surface area contributed by atoms with Crippen molar-refractivity contribution in [2.45, 2.75) is 19.6 Å². The van der Waals surface area contributed by atoms with Gasteiger partial charge in [0.1, 0.15) is 12.2 Å². The first-order valence-electron chi connectivity index (χ1n) is 10.8. The van der Waals surface area contributed by atoms with Crippen molar-refractivity contribution in [3.8, 4) is 11.5 Å². The van der Waals surface area contributed by atoms with Crippen molar-refractivity contribution >= 4 is 28.9 Å². The highest BCUT2D eigenvalue weighted by Crippen LogP contribution is 2.30. The highest BCUT2D eigenvalue weighted by molar-refractivity contribution is 5.99. The summed E-state index contributed by atoms with van der Waals surface area (Å²) in [6, 6.07) is 13.6. The van der Waals surface area contributed by atoms with Crippen LogP contribution < -0.4 is 20.1 Å². The van der Waals surface area contributed by atoms with Gasteiger partial charge in [-0.3, -0.25) is 10.1 Å². The SMILES string of the molecule is CCOCc1c(C(=O)OCC(=O)NC(=O)NCC2COc3ccccc3O2)oc2ccccc12. The third-order valence-corrected chi connectivity index (χ3v) is 4.98. The molecule has 1 atom stereocenters. The Morgan fingerprint density at radius 1 is 1.06 bits per heavy atom. The Morgan fingerprint density at radius 3 is 2.65 bits per heavy atom. The number of para-hydroxylation sites is 3. The first-order chi connectivity index (χ1) is 16.5. The quantitative estimate of drug-likeness (QED) is 0.484. The molecule has 1 aliphatic rings. The molecule has 34 heavy (non-hydrogen) atoms. The van der Waals surface area contributed by atoms with Gasteiger partial charge in [0.15, 0.2) is 24.2 Å². The Morgan fingerprint density at radius 2 is 1.82 bits per heavy atom. The predicted molar refractivity (Wildman–Crippen MR) is 120 cm³/mol. The predicted octanol–water partition coefficient (Wildman–Crippen LogP) is 2.79. The maximum absolute atomic E-state index is 12.5. The molecule has 10 heteroatoms. The number of imide groups is 1. The van der Waals surface area contributed by atoms with Crippen LogP contribution in [0.2, 0.25) is 0 Å². The second-order valence-electron chi connectivity index (χ2n) is 7.37. The van der Waals surface area contributed by atoms with E-state index in [-0.39, 0.29) is 25.5 Å². The standard InChI is InChI=1S/C24H24N2O8/c1-2-30-13-17-16-7-3-4-8-18(16)34-22(17)23(28)32-14-21(27)26-24(29)25-11-15-12-31-19-9-5-6-10-20(19)33-15/h3-10,15H,2,11-14H2,1H3,(H2,25,26,27,29). The van der Waals surface area contributed by atoms with E-state index < -0.39 is 30.6 Å². The fraction of sp³-hybridized carbons (Fsp3) is 0.292.